The molecule has 0 aromatic carbocycles. The van der Waals surface area contributed by atoms with Crippen LogP contribution in [0.25, 0.3) is 0 Å². The van der Waals surface area contributed by atoms with Crippen molar-refractivity contribution in [3.63, 3.8) is 0 Å². The number of hydrogen-bond acceptors (Lipinski definition) is 3. The van der Waals surface area contributed by atoms with Crippen molar-refractivity contribution in [3.8, 4) is 0 Å². The van der Waals surface area contributed by atoms with E-state index >= 15 is 0 Å². The van der Waals surface area contributed by atoms with Gasteiger partial charge in [-0.05, 0) is 31.2 Å². The zero-order valence-electron chi connectivity index (χ0n) is 11.7. The number of aromatic nitrogens is 1. The van der Waals surface area contributed by atoms with Gasteiger partial charge in [0.2, 0.25) is 0 Å². The molecule has 0 unspecified atom stereocenters. The van der Waals surface area contributed by atoms with Gasteiger partial charge in [0.1, 0.15) is 0 Å². The molecule has 0 radical (unpaired) electrons. The van der Waals surface area contributed by atoms with Crippen LogP contribution in [0.1, 0.15) is 41.6 Å². The fraction of sp³-hybridized carbons (Fsp3) is 0.667. The number of hydrogen-bond donors (Lipinski definition) is 0. The standard InChI is InChI=1S/C15H23NO3/c1-18-9-10-19-8-4-7-16-11-13-5-2-3-6-15(17)14(13)12-16/h11-12H,2-10H2,1H3. The summed E-state index contributed by atoms with van der Waals surface area (Å²) in [6.45, 7) is 2.94. The lowest BCUT2D eigenvalue weighted by atomic mass is 10.1. The second-order valence-corrected chi connectivity index (χ2v) is 5.02. The Bertz CT molecular complexity index is 412. The van der Waals surface area contributed by atoms with Crippen molar-refractivity contribution in [1.29, 1.82) is 0 Å². The Labute approximate surface area is 114 Å². The molecular formula is C15H23NO3. The molecule has 0 atom stereocenters. The number of methoxy groups -OCH3 is 1. The van der Waals surface area contributed by atoms with E-state index in [1.54, 1.807) is 7.11 Å². The Kier molecular flexibility index (Phi) is 5.61. The number of nitrogens with zero attached hydrogens (tertiary/aromatic N) is 1. The summed E-state index contributed by atoms with van der Waals surface area (Å²) in [6, 6.07) is 0. The van der Waals surface area contributed by atoms with Crippen LogP contribution in [0.2, 0.25) is 0 Å². The van der Waals surface area contributed by atoms with E-state index in [1.807, 2.05) is 6.20 Å². The number of carbonyl (C=O) groups excluding carboxylic acids is 1. The van der Waals surface area contributed by atoms with Crippen molar-refractivity contribution in [2.75, 3.05) is 26.9 Å². The Morgan fingerprint density at radius 1 is 1.16 bits per heavy atom. The van der Waals surface area contributed by atoms with Crippen LogP contribution in [-0.4, -0.2) is 37.3 Å². The fourth-order valence-electron chi connectivity index (χ4n) is 2.46. The van der Waals surface area contributed by atoms with Crippen LogP contribution in [-0.2, 0) is 22.4 Å². The van der Waals surface area contributed by atoms with E-state index in [4.69, 9.17) is 9.47 Å². The van der Waals surface area contributed by atoms with Gasteiger partial charge in [-0.15, -0.1) is 0 Å². The molecule has 0 amide bonds. The summed E-state index contributed by atoms with van der Waals surface area (Å²) in [6.07, 6.45) is 9.01. The Hall–Kier alpha value is -1.13. The summed E-state index contributed by atoms with van der Waals surface area (Å²) >= 11 is 0. The second-order valence-electron chi connectivity index (χ2n) is 5.02. The highest BCUT2D eigenvalue weighted by atomic mass is 16.5. The van der Waals surface area contributed by atoms with Gasteiger partial charge >= 0.3 is 0 Å². The predicted octanol–water partition coefficient (Wildman–Crippen LogP) is 2.45. The number of rotatable bonds is 7. The zero-order chi connectivity index (χ0) is 13.5. The lowest BCUT2D eigenvalue weighted by Gasteiger charge is -2.04. The summed E-state index contributed by atoms with van der Waals surface area (Å²) in [5, 5.41) is 0. The molecule has 0 bridgehead atoms. The first-order valence-corrected chi connectivity index (χ1v) is 7.10. The third kappa shape index (κ3) is 4.18. The van der Waals surface area contributed by atoms with E-state index in [-0.39, 0.29) is 0 Å². The molecule has 1 aromatic rings. The summed E-state index contributed by atoms with van der Waals surface area (Å²) in [4.78, 5) is 11.9. The molecule has 0 aliphatic heterocycles. The highest BCUT2D eigenvalue weighted by Crippen LogP contribution is 2.21. The van der Waals surface area contributed by atoms with E-state index in [9.17, 15) is 4.79 Å². The van der Waals surface area contributed by atoms with E-state index in [0.717, 1.165) is 44.4 Å². The monoisotopic (exact) mass is 265 g/mol. The highest BCUT2D eigenvalue weighted by molar-refractivity contribution is 5.97. The predicted molar refractivity (Wildman–Crippen MR) is 73.6 cm³/mol. The second kappa shape index (κ2) is 7.46. The van der Waals surface area contributed by atoms with Gasteiger partial charge in [-0.2, -0.15) is 0 Å². The summed E-state index contributed by atoms with van der Waals surface area (Å²) in [7, 11) is 1.67. The third-order valence-electron chi connectivity index (χ3n) is 3.50. The molecule has 19 heavy (non-hydrogen) atoms. The number of aryl methyl sites for hydroxylation is 2. The normalized spacial score (nSPS) is 15.3. The molecule has 4 heteroatoms. The lowest BCUT2D eigenvalue weighted by Crippen LogP contribution is -2.05. The van der Waals surface area contributed by atoms with Crippen LogP contribution in [0, 0.1) is 0 Å². The van der Waals surface area contributed by atoms with E-state index in [2.05, 4.69) is 10.8 Å². The zero-order valence-corrected chi connectivity index (χ0v) is 11.7. The molecule has 0 saturated heterocycles. The molecule has 1 aromatic heterocycles. The number of ketones is 1. The maximum Gasteiger partial charge on any atom is 0.164 e. The van der Waals surface area contributed by atoms with Gasteiger partial charge in [-0.25, -0.2) is 0 Å². The lowest BCUT2D eigenvalue weighted by molar-refractivity contribution is 0.0680. The number of fused-ring (bicyclic) bond motifs is 1. The van der Waals surface area contributed by atoms with E-state index < -0.39 is 0 Å². The van der Waals surface area contributed by atoms with Crippen LogP contribution in [0.4, 0.5) is 0 Å². The SMILES string of the molecule is COCCOCCCn1cc2c(c1)C(=O)CCCC2. The third-order valence-corrected chi connectivity index (χ3v) is 3.50. The van der Waals surface area contributed by atoms with Crippen molar-refractivity contribution in [1.82, 2.24) is 4.57 Å². The molecule has 2 rings (SSSR count). The molecule has 106 valence electrons. The van der Waals surface area contributed by atoms with Crippen LogP contribution in [0.15, 0.2) is 12.4 Å². The Morgan fingerprint density at radius 2 is 2.00 bits per heavy atom. The minimum Gasteiger partial charge on any atom is -0.382 e. The Balaban J connectivity index is 1.79. The van der Waals surface area contributed by atoms with Crippen LogP contribution < -0.4 is 0 Å². The van der Waals surface area contributed by atoms with Gasteiger partial charge in [0.15, 0.2) is 5.78 Å². The maximum atomic E-state index is 11.9. The van der Waals surface area contributed by atoms with Crippen LogP contribution >= 0.6 is 0 Å². The van der Waals surface area contributed by atoms with Crippen LogP contribution in [0.3, 0.4) is 0 Å². The van der Waals surface area contributed by atoms with Crippen molar-refractivity contribution < 1.29 is 14.3 Å². The summed E-state index contributed by atoms with van der Waals surface area (Å²) in [5.41, 5.74) is 2.17. The number of ether oxygens (including phenoxy) is 2. The minimum atomic E-state index is 0.308. The molecule has 4 nitrogen and oxygen atoms in total. The Morgan fingerprint density at radius 3 is 2.84 bits per heavy atom. The number of carbonyl (C=O) groups is 1. The average Bonchev–Trinajstić information content (AvgIpc) is 2.74. The van der Waals surface area contributed by atoms with Crippen molar-refractivity contribution in [3.05, 3.63) is 23.5 Å². The molecule has 1 heterocycles. The first-order valence-electron chi connectivity index (χ1n) is 7.10. The first kappa shape index (κ1) is 14.3. The molecule has 0 saturated carbocycles. The molecule has 0 spiro atoms. The molecule has 1 aliphatic rings. The summed E-state index contributed by atoms with van der Waals surface area (Å²) in [5.74, 6) is 0.308. The smallest absolute Gasteiger partial charge is 0.164 e. The topological polar surface area (TPSA) is 40.5 Å². The summed E-state index contributed by atoms with van der Waals surface area (Å²) < 4.78 is 12.5. The fourth-order valence-corrected chi connectivity index (χ4v) is 2.46. The molecule has 0 N–H and O–H groups in total. The maximum absolute atomic E-state index is 11.9. The largest absolute Gasteiger partial charge is 0.382 e. The van der Waals surface area contributed by atoms with Gasteiger partial charge in [0.05, 0.1) is 13.2 Å². The molecular weight excluding hydrogens is 242 g/mol. The van der Waals surface area contributed by atoms with Gasteiger partial charge < -0.3 is 14.0 Å². The van der Waals surface area contributed by atoms with Crippen molar-refractivity contribution in [2.45, 2.75) is 38.6 Å². The van der Waals surface area contributed by atoms with Crippen molar-refractivity contribution >= 4 is 5.78 Å². The first-order chi connectivity index (χ1) is 9.31. The quantitative estimate of drug-likeness (QED) is 0.561. The van der Waals surface area contributed by atoms with Gasteiger partial charge in [0, 0.05) is 44.6 Å². The minimum absolute atomic E-state index is 0.308. The van der Waals surface area contributed by atoms with Crippen molar-refractivity contribution in [2.24, 2.45) is 0 Å². The number of Topliss-reactive ketones (excluding diaryl/α,β-unsaturated/α-hetero) is 1. The van der Waals surface area contributed by atoms with E-state index in [1.165, 1.54) is 5.56 Å². The van der Waals surface area contributed by atoms with Crippen LogP contribution in [0.5, 0.6) is 0 Å². The highest BCUT2D eigenvalue weighted by Gasteiger charge is 2.17. The average molecular weight is 265 g/mol. The molecule has 0 fully saturated rings. The van der Waals surface area contributed by atoms with Gasteiger partial charge in [0.25, 0.3) is 0 Å². The van der Waals surface area contributed by atoms with Gasteiger partial charge in [-0.3, -0.25) is 4.79 Å². The van der Waals surface area contributed by atoms with E-state index in [0.29, 0.717) is 25.4 Å². The van der Waals surface area contributed by atoms with Gasteiger partial charge in [-0.1, -0.05) is 0 Å². The molecule has 1 aliphatic carbocycles.